The Hall–Kier alpha value is -1.68. The summed E-state index contributed by atoms with van der Waals surface area (Å²) < 4.78 is 1.54. The zero-order valence-corrected chi connectivity index (χ0v) is 10.6. The van der Waals surface area contributed by atoms with E-state index in [1.165, 1.54) is 15.9 Å². The van der Waals surface area contributed by atoms with Crippen LogP contribution in [0.5, 0.6) is 0 Å². The molecule has 0 radical (unpaired) electrons. The van der Waals surface area contributed by atoms with Gasteiger partial charge in [-0.15, -0.1) is 0 Å². The molecule has 0 fully saturated rings. The smallest absolute Gasteiger partial charge is 0.295 e. The molecule has 0 bridgehead atoms. The Morgan fingerprint density at radius 1 is 1.24 bits per heavy atom. The third kappa shape index (κ3) is 2.36. The Morgan fingerprint density at radius 2 is 1.88 bits per heavy atom. The predicted octanol–water partition coefficient (Wildman–Crippen LogP) is 2.41. The number of aromatic nitrogens is 1. The van der Waals surface area contributed by atoms with Crippen molar-refractivity contribution in [1.29, 1.82) is 0 Å². The molecule has 2 rings (SSSR count). The Labute approximate surface area is 103 Å². The quantitative estimate of drug-likeness (QED) is 0.781. The van der Waals surface area contributed by atoms with Crippen molar-refractivity contribution in [2.24, 2.45) is 0 Å². The molecule has 0 aliphatic heterocycles. The van der Waals surface area contributed by atoms with E-state index < -0.39 is 0 Å². The molecular weight excluding hydrogens is 234 g/mol. The summed E-state index contributed by atoms with van der Waals surface area (Å²) in [5, 5.41) is 0. The third-order valence-corrected chi connectivity index (χ3v) is 3.77. The number of carbonyl (C=O) groups is 1. The van der Waals surface area contributed by atoms with Gasteiger partial charge in [0, 0.05) is 16.1 Å². The molecule has 1 aromatic heterocycles. The lowest BCUT2D eigenvalue weighted by Gasteiger charge is -2.04. The molecule has 0 unspecified atom stereocenters. The average molecular weight is 247 g/mol. The zero-order valence-electron chi connectivity index (χ0n) is 9.77. The monoisotopic (exact) mass is 247 g/mol. The van der Waals surface area contributed by atoms with Gasteiger partial charge in [-0.25, -0.2) is 0 Å². The number of aryl methyl sites for hydroxylation is 1. The van der Waals surface area contributed by atoms with Gasteiger partial charge in [0.25, 0.3) is 0 Å². The number of ketones is 1. The Bertz CT molecular complexity index is 596. The molecule has 0 saturated carbocycles. The van der Waals surface area contributed by atoms with Gasteiger partial charge < -0.3 is 0 Å². The first kappa shape index (κ1) is 11.8. The van der Waals surface area contributed by atoms with Gasteiger partial charge in [0.1, 0.15) is 0 Å². The number of rotatable bonds is 3. The van der Waals surface area contributed by atoms with E-state index in [1.807, 2.05) is 32.0 Å². The molecule has 3 nitrogen and oxygen atoms in total. The van der Waals surface area contributed by atoms with Gasteiger partial charge in [-0.2, -0.15) is 0 Å². The molecular formula is C13H13NO2S. The summed E-state index contributed by atoms with van der Waals surface area (Å²) in [6.45, 7) is 3.88. The minimum atomic E-state index is -0.0655. The fraction of sp³-hybridized carbons (Fsp3) is 0.231. The largest absolute Gasteiger partial charge is 0.307 e. The zero-order chi connectivity index (χ0) is 12.4. The average Bonchev–Trinajstić information content (AvgIpc) is 2.57. The summed E-state index contributed by atoms with van der Waals surface area (Å²) >= 11 is 1.19. The number of benzene rings is 1. The molecule has 88 valence electrons. The first-order chi connectivity index (χ1) is 8.09. The van der Waals surface area contributed by atoms with Crippen LogP contribution in [0.2, 0.25) is 0 Å². The Morgan fingerprint density at radius 3 is 2.41 bits per heavy atom. The normalized spacial score (nSPS) is 10.5. The van der Waals surface area contributed by atoms with Crippen molar-refractivity contribution in [3.05, 3.63) is 56.1 Å². The van der Waals surface area contributed by atoms with Crippen molar-refractivity contribution in [2.45, 2.75) is 20.4 Å². The van der Waals surface area contributed by atoms with E-state index in [2.05, 4.69) is 0 Å². The maximum Gasteiger partial charge on any atom is 0.307 e. The summed E-state index contributed by atoms with van der Waals surface area (Å²) in [5.74, 6) is -0.0337. The maximum absolute atomic E-state index is 12.0. The van der Waals surface area contributed by atoms with Gasteiger partial charge in [0.15, 0.2) is 5.78 Å². The molecule has 1 heterocycles. The first-order valence-corrected chi connectivity index (χ1v) is 6.16. The number of thiazole rings is 1. The number of hydrogen-bond acceptors (Lipinski definition) is 3. The van der Waals surface area contributed by atoms with Crippen molar-refractivity contribution in [3.8, 4) is 0 Å². The lowest BCUT2D eigenvalue weighted by molar-refractivity contribution is 0.0970. The van der Waals surface area contributed by atoms with E-state index in [1.54, 1.807) is 12.1 Å². The van der Waals surface area contributed by atoms with Crippen LogP contribution in [0.3, 0.4) is 0 Å². The highest BCUT2D eigenvalue weighted by Crippen LogP contribution is 2.10. The fourth-order valence-corrected chi connectivity index (χ4v) is 2.46. The standard InChI is InChI=1S/C13H13NO2S/c1-9-10(2)17-13(16)14(9)8-12(15)11-6-4-3-5-7-11/h3-7H,8H2,1-2H3. The highest BCUT2D eigenvalue weighted by atomic mass is 32.1. The molecule has 0 saturated heterocycles. The van der Waals surface area contributed by atoms with Gasteiger partial charge in [-0.3, -0.25) is 14.2 Å². The molecule has 17 heavy (non-hydrogen) atoms. The minimum Gasteiger partial charge on any atom is -0.295 e. The second kappa shape index (κ2) is 4.67. The van der Waals surface area contributed by atoms with Crippen molar-refractivity contribution < 1.29 is 4.79 Å². The van der Waals surface area contributed by atoms with Crippen LogP contribution in [-0.4, -0.2) is 10.4 Å². The van der Waals surface area contributed by atoms with E-state index in [4.69, 9.17) is 0 Å². The summed E-state index contributed by atoms with van der Waals surface area (Å²) in [5.41, 5.74) is 1.52. The fourth-order valence-electron chi connectivity index (χ4n) is 1.63. The number of Topliss-reactive ketones (excluding diaryl/α,β-unsaturated/α-hetero) is 1. The summed E-state index contributed by atoms with van der Waals surface area (Å²) in [4.78, 5) is 24.5. The van der Waals surface area contributed by atoms with Crippen LogP contribution >= 0.6 is 11.3 Å². The van der Waals surface area contributed by atoms with E-state index in [-0.39, 0.29) is 17.2 Å². The van der Waals surface area contributed by atoms with Crippen LogP contribution in [0.1, 0.15) is 20.9 Å². The van der Waals surface area contributed by atoms with E-state index in [0.29, 0.717) is 5.56 Å². The molecule has 2 aromatic rings. The number of nitrogens with zero attached hydrogens (tertiary/aromatic N) is 1. The molecule has 4 heteroatoms. The van der Waals surface area contributed by atoms with Gasteiger partial charge >= 0.3 is 4.87 Å². The molecule has 0 N–H and O–H groups in total. The van der Waals surface area contributed by atoms with Crippen molar-refractivity contribution in [2.75, 3.05) is 0 Å². The first-order valence-electron chi connectivity index (χ1n) is 5.34. The molecule has 0 aliphatic rings. The van der Waals surface area contributed by atoms with E-state index >= 15 is 0 Å². The highest BCUT2D eigenvalue weighted by Gasteiger charge is 2.12. The van der Waals surface area contributed by atoms with Crippen LogP contribution in [0.15, 0.2) is 35.1 Å². The van der Waals surface area contributed by atoms with Crippen molar-refractivity contribution in [1.82, 2.24) is 4.57 Å². The van der Waals surface area contributed by atoms with Gasteiger partial charge in [-0.05, 0) is 13.8 Å². The van der Waals surface area contributed by atoms with E-state index in [9.17, 15) is 9.59 Å². The highest BCUT2D eigenvalue weighted by molar-refractivity contribution is 7.09. The van der Waals surface area contributed by atoms with Crippen LogP contribution in [-0.2, 0) is 6.54 Å². The van der Waals surface area contributed by atoms with Crippen molar-refractivity contribution >= 4 is 17.1 Å². The summed E-state index contributed by atoms with van der Waals surface area (Å²) in [6, 6.07) is 9.04. The van der Waals surface area contributed by atoms with Crippen LogP contribution in [0.4, 0.5) is 0 Å². The van der Waals surface area contributed by atoms with Crippen molar-refractivity contribution in [3.63, 3.8) is 0 Å². The molecule has 0 aliphatic carbocycles. The Kier molecular flexibility index (Phi) is 3.24. The van der Waals surface area contributed by atoms with Crippen LogP contribution in [0.25, 0.3) is 0 Å². The SMILES string of the molecule is Cc1sc(=O)n(CC(=O)c2ccccc2)c1C. The molecule has 0 amide bonds. The molecule has 0 spiro atoms. The maximum atomic E-state index is 12.0. The van der Waals surface area contributed by atoms with Gasteiger partial charge in [0.05, 0.1) is 6.54 Å². The summed E-state index contributed by atoms with van der Waals surface area (Å²) in [7, 11) is 0. The number of hydrogen-bond donors (Lipinski definition) is 0. The lowest BCUT2D eigenvalue weighted by Crippen LogP contribution is -2.20. The third-order valence-electron chi connectivity index (χ3n) is 2.77. The van der Waals surface area contributed by atoms with Crippen LogP contribution in [0, 0.1) is 13.8 Å². The molecule has 0 atom stereocenters. The van der Waals surface area contributed by atoms with Gasteiger partial charge in [-0.1, -0.05) is 41.7 Å². The second-order valence-corrected chi connectivity index (χ2v) is 5.05. The topological polar surface area (TPSA) is 39.1 Å². The Balaban J connectivity index is 2.28. The molecule has 1 aromatic carbocycles. The summed E-state index contributed by atoms with van der Waals surface area (Å²) in [6.07, 6.45) is 0. The number of carbonyl (C=O) groups excluding carboxylic acids is 1. The van der Waals surface area contributed by atoms with Crippen LogP contribution < -0.4 is 4.87 Å². The van der Waals surface area contributed by atoms with E-state index in [0.717, 1.165) is 10.6 Å². The minimum absolute atomic E-state index is 0.0337. The second-order valence-electron chi connectivity index (χ2n) is 3.88. The van der Waals surface area contributed by atoms with Gasteiger partial charge in [0.2, 0.25) is 0 Å². The predicted molar refractivity (Wildman–Crippen MR) is 68.8 cm³/mol. The lowest BCUT2D eigenvalue weighted by atomic mass is 10.1.